The van der Waals surface area contributed by atoms with Gasteiger partial charge in [0.25, 0.3) is 0 Å². The monoisotopic (exact) mass is 299 g/mol. The highest BCUT2D eigenvalue weighted by molar-refractivity contribution is 9.10. The summed E-state index contributed by atoms with van der Waals surface area (Å²) in [6.45, 7) is 11.2. The summed E-state index contributed by atoms with van der Waals surface area (Å²) in [5, 5.41) is 0. The summed E-state index contributed by atoms with van der Waals surface area (Å²) in [6.07, 6.45) is 0.0379. The first-order valence-corrected chi connectivity index (χ1v) is 6.72. The average molecular weight is 300 g/mol. The molecule has 1 aromatic rings. The highest BCUT2D eigenvalue weighted by Gasteiger charge is 2.22. The highest BCUT2D eigenvalue weighted by atomic mass is 79.9. The fourth-order valence-corrected chi connectivity index (χ4v) is 2.27. The van der Waals surface area contributed by atoms with E-state index < -0.39 is 0 Å². The lowest BCUT2D eigenvalue weighted by Crippen LogP contribution is -2.25. The summed E-state index contributed by atoms with van der Waals surface area (Å²) in [4.78, 5) is 0. The Morgan fingerprint density at radius 3 is 2.41 bits per heavy atom. The molecule has 0 fully saturated rings. The van der Waals surface area contributed by atoms with Crippen LogP contribution in [0.5, 0.6) is 5.75 Å². The van der Waals surface area contributed by atoms with E-state index in [9.17, 15) is 0 Å². The Labute approximate surface area is 113 Å². The van der Waals surface area contributed by atoms with Gasteiger partial charge in [-0.1, -0.05) is 36.7 Å². The molecular weight excluding hydrogens is 278 g/mol. The van der Waals surface area contributed by atoms with Crippen LogP contribution in [-0.4, -0.2) is 12.6 Å². The number of hydrogen-bond acceptors (Lipinski definition) is 2. The van der Waals surface area contributed by atoms with Crippen molar-refractivity contribution in [2.75, 3.05) is 6.54 Å². The van der Waals surface area contributed by atoms with Gasteiger partial charge in [0.1, 0.15) is 11.9 Å². The van der Waals surface area contributed by atoms with Crippen molar-refractivity contribution in [3.05, 3.63) is 27.7 Å². The lowest BCUT2D eigenvalue weighted by molar-refractivity contribution is 0.223. The molecule has 0 amide bonds. The molecule has 17 heavy (non-hydrogen) atoms. The van der Waals surface area contributed by atoms with Gasteiger partial charge in [-0.2, -0.15) is 0 Å². The molecule has 0 aliphatic rings. The van der Waals surface area contributed by atoms with Crippen molar-refractivity contribution in [3.8, 4) is 5.75 Å². The molecular formula is C14H22BrNO. The van der Waals surface area contributed by atoms with E-state index in [4.69, 9.17) is 10.5 Å². The Kier molecular flexibility index (Phi) is 4.62. The molecule has 0 saturated heterocycles. The number of aryl methyl sites for hydroxylation is 1. The Bertz CT molecular complexity index is 396. The van der Waals surface area contributed by atoms with Crippen LogP contribution in [0.3, 0.4) is 0 Å². The third kappa shape index (κ3) is 3.71. The van der Waals surface area contributed by atoms with E-state index in [1.165, 1.54) is 5.56 Å². The summed E-state index contributed by atoms with van der Waals surface area (Å²) >= 11 is 3.54. The van der Waals surface area contributed by atoms with Gasteiger partial charge in [-0.15, -0.1) is 0 Å². The molecule has 2 N–H and O–H groups in total. The number of hydrogen-bond donors (Lipinski definition) is 1. The lowest BCUT2D eigenvalue weighted by Gasteiger charge is -2.26. The molecule has 1 aromatic carbocycles. The van der Waals surface area contributed by atoms with Crippen molar-refractivity contribution in [2.45, 2.75) is 46.1 Å². The quantitative estimate of drug-likeness (QED) is 0.922. The largest absolute Gasteiger partial charge is 0.489 e. The standard InChI is InChI=1S/C14H22BrNO/c1-9-6-11(15)7-12(14(3,4)5)13(9)17-10(2)8-16/h6-7,10H,8,16H2,1-5H3. The van der Waals surface area contributed by atoms with Gasteiger partial charge in [-0.25, -0.2) is 0 Å². The van der Waals surface area contributed by atoms with E-state index in [0.29, 0.717) is 6.54 Å². The number of benzene rings is 1. The third-order valence-electron chi connectivity index (χ3n) is 2.70. The molecule has 2 nitrogen and oxygen atoms in total. The third-order valence-corrected chi connectivity index (χ3v) is 3.16. The summed E-state index contributed by atoms with van der Waals surface area (Å²) in [7, 11) is 0. The second-order valence-electron chi connectivity index (χ2n) is 5.51. The van der Waals surface area contributed by atoms with Crippen LogP contribution in [0.4, 0.5) is 0 Å². The van der Waals surface area contributed by atoms with Crippen molar-refractivity contribution in [3.63, 3.8) is 0 Å². The van der Waals surface area contributed by atoms with E-state index >= 15 is 0 Å². The Hall–Kier alpha value is -0.540. The molecule has 3 heteroatoms. The Balaban J connectivity index is 3.26. The van der Waals surface area contributed by atoms with Crippen LogP contribution >= 0.6 is 15.9 Å². The van der Waals surface area contributed by atoms with Crippen LogP contribution in [-0.2, 0) is 5.41 Å². The number of rotatable bonds is 3. The zero-order valence-corrected chi connectivity index (χ0v) is 12.9. The Morgan fingerprint density at radius 1 is 1.35 bits per heavy atom. The molecule has 1 rings (SSSR count). The number of halogens is 1. The average Bonchev–Trinajstić information content (AvgIpc) is 2.19. The zero-order chi connectivity index (χ0) is 13.2. The first-order valence-electron chi connectivity index (χ1n) is 5.93. The molecule has 96 valence electrons. The molecule has 1 atom stereocenters. The smallest absolute Gasteiger partial charge is 0.126 e. The van der Waals surface area contributed by atoms with Crippen molar-refractivity contribution >= 4 is 15.9 Å². The molecule has 0 bridgehead atoms. The zero-order valence-electron chi connectivity index (χ0n) is 11.3. The predicted molar refractivity (Wildman–Crippen MR) is 76.7 cm³/mol. The fourth-order valence-electron chi connectivity index (χ4n) is 1.69. The summed E-state index contributed by atoms with van der Waals surface area (Å²) in [5.41, 5.74) is 8.03. The minimum Gasteiger partial charge on any atom is -0.489 e. The second kappa shape index (κ2) is 5.40. The van der Waals surface area contributed by atoms with Crippen molar-refractivity contribution in [1.29, 1.82) is 0 Å². The van der Waals surface area contributed by atoms with Gasteiger partial charge < -0.3 is 10.5 Å². The van der Waals surface area contributed by atoms with Crippen molar-refractivity contribution < 1.29 is 4.74 Å². The molecule has 0 saturated carbocycles. The van der Waals surface area contributed by atoms with Crippen LogP contribution in [0, 0.1) is 6.92 Å². The Morgan fingerprint density at radius 2 is 1.94 bits per heavy atom. The van der Waals surface area contributed by atoms with Gasteiger partial charge in [-0.05, 0) is 37.0 Å². The molecule has 0 spiro atoms. The van der Waals surface area contributed by atoms with Gasteiger partial charge in [0.05, 0.1) is 0 Å². The highest BCUT2D eigenvalue weighted by Crippen LogP contribution is 2.36. The lowest BCUT2D eigenvalue weighted by atomic mass is 9.85. The maximum atomic E-state index is 5.96. The second-order valence-corrected chi connectivity index (χ2v) is 6.43. The van der Waals surface area contributed by atoms with E-state index in [2.05, 4.69) is 55.8 Å². The van der Waals surface area contributed by atoms with Crippen molar-refractivity contribution in [2.24, 2.45) is 5.73 Å². The molecule has 0 aliphatic carbocycles. The summed E-state index contributed by atoms with van der Waals surface area (Å²) < 4.78 is 7.05. The molecule has 0 aliphatic heterocycles. The van der Waals surface area contributed by atoms with Gasteiger partial charge in [0.15, 0.2) is 0 Å². The first kappa shape index (κ1) is 14.5. The van der Waals surface area contributed by atoms with Gasteiger partial charge in [0.2, 0.25) is 0 Å². The van der Waals surface area contributed by atoms with E-state index in [1.807, 2.05) is 6.92 Å². The van der Waals surface area contributed by atoms with Crippen LogP contribution < -0.4 is 10.5 Å². The molecule has 1 unspecified atom stereocenters. The topological polar surface area (TPSA) is 35.2 Å². The molecule has 0 aromatic heterocycles. The predicted octanol–water partition coefficient (Wildman–Crippen LogP) is 3.78. The number of ether oxygens (including phenoxy) is 1. The van der Waals surface area contributed by atoms with Crippen LogP contribution in [0.1, 0.15) is 38.8 Å². The SMILES string of the molecule is Cc1cc(Br)cc(C(C)(C)C)c1OC(C)CN. The van der Waals surface area contributed by atoms with Gasteiger partial charge in [0, 0.05) is 16.6 Å². The van der Waals surface area contributed by atoms with Crippen molar-refractivity contribution in [1.82, 2.24) is 0 Å². The normalized spacial score (nSPS) is 13.6. The summed E-state index contributed by atoms with van der Waals surface area (Å²) in [6, 6.07) is 4.21. The maximum absolute atomic E-state index is 5.96. The fraction of sp³-hybridized carbons (Fsp3) is 0.571. The first-order chi connectivity index (χ1) is 7.75. The van der Waals surface area contributed by atoms with Gasteiger partial charge >= 0.3 is 0 Å². The number of nitrogens with two attached hydrogens (primary N) is 1. The minimum atomic E-state index is 0.0379. The minimum absolute atomic E-state index is 0.0379. The van der Waals surface area contributed by atoms with Crippen LogP contribution in [0.2, 0.25) is 0 Å². The van der Waals surface area contributed by atoms with Gasteiger partial charge in [-0.3, -0.25) is 0 Å². The molecule has 0 radical (unpaired) electrons. The molecule has 0 heterocycles. The van der Waals surface area contributed by atoms with E-state index in [-0.39, 0.29) is 11.5 Å². The van der Waals surface area contributed by atoms with Crippen LogP contribution in [0.15, 0.2) is 16.6 Å². The maximum Gasteiger partial charge on any atom is 0.126 e. The van der Waals surface area contributed by atoms with Crippen LogP contribution in [0.25, 0.3) is 0 Å². The summed E-state index contributed by atoms with van der Waals surface area (Å²) in [5.74, 6) is 0.971. The van der Waals surface area contributed by atoms with E-state index in [1.54, 1.807) is 0 Å². The van der Waals surface area contributed by atoms with E-state index in [0.717, 1.165) is 15.8 Å².